The average molecular weight is 481 g/mol. The van der Waals surface area contributed by atoms with E-state index in [1.54, 1.807) is 30.3 Å². The minimum Gasteiger partial charge on any atom is -0.465 e. The van der Waals surface area contributed by atoms with Crippen LogP contribution in [-0.2, 0) is 10.2 Å². The van der Waals surface area contributed by atoms with Crippen LogP contribution in [0.2, 0.25) is 0 Å². The standard InChI is InChI=1S/C31H32N2O3/c1-20-4-6-24(7-5-20)29(34)33-28(16-27-3-2-12-36-27)30(35)32-26-10-8-25(9-11-26)31-17-21-13-22(18-31)15-23(14-21)19-31/h2-12,16,21-23H,13-15,17-19H2,1H3,(H,32,35)(H,33,34)/b28-16-. The maximum absolute atomic E-state index is 13.2. The van der Waals surface area contributed by atoms with Gasteiger partial charge in [0.15, 0.2) is 0 Å². The molecule has 4 saturated carbocycles. The molecule has 0 atom stereocenters. The lowest BCUT2D eigenvalue weighted by Gasteiger charge is -2.57. The highest BCUT2D eigenvalue weighted by Crippen LogP contribution is 2.60. The topological polar surface area (TPSA) is 71.3 Å². The monoisotopic (exact) mass is 480 g/mol. The summed E-state index contributed by atoms with van der Waals surface area (Å²) in [7, 11) is 0. The van der Waals surface area contributed by atoms with E-state index in [-0.39, 0.29) is 11.6 Å². The predicted molar refractivity (Wildman–Crippen MR) is 140 cm³/mol. The van der Waals surface area contributed by atoms with Gasteiger partial charge in [0, 0.05) is 17.3 Å². The fraction of sp³-hybridized carbons (Fsp3) is 0.355. The number of aryl methyl sites for hydroxylation is 1. The van der Waals surface area contributed by atoms with Gasteiger partial charge in [-0.2, -0.15) is 0 Å². The number of hydrogen-bond donors (Lipinski definition) is 2. The molecule has 0 radical (unpaired) electrons. The number of carbonyl (C=O) groups excluding carboxylic acids is 2. The third kappa shape index (κ3) is 4.50. The first-order chi connectivity index (χ1) is 17.5. The second kappa shape index (κ2) is 9.12. The van der Waals surface area contributed by atoms with Crippen LogP contribution in [0, 0.1) is 24.7 Å². The number of benzene rings is 2. The Kier molecular flexibility index (Phi) is 5.79. The summed E-state index contributed by atoms with van der Waals surface area (Å²) >= 11 is 0. The Morgan fingerprint density at radius 2 is 1.53 bits per heavy atom. The van der Waals surface area contributed by atoms with E-state index >= 15 is 0 Å². The quantitative estimate of drug-likeness (QED) is 0.398. The van der Waals surface area contributed by atoms with Gasteiger partial charge in [-0.15, -0.1) is 0 Å². The Labute approximate surface area is 212 Å². The summed E-state index contributed by atoms with van der Waals surface area (Å²) in [6, 6.07) is 19.1. The number of anilines is 1. The lowest BCUT2D eigenvalue weighted by atomic mass is 9.48. The van der Waals surface area contributed by atoms with Crippen LogP contribution in [0.4, 0.5) is 5.69 Å². The highest BCUT2D eigenvalue weighted by molar-refractivity contribution is 6.10. The van der Waals surface area contributed by atoms with Gasteiger partial charge in [0.05, 0.1) is 6.26 Å². The van der Waals surface area contributed by atoms with E-state index in [1.807, 2.05) is 31.2 Å². The molecule has 0 aliphatic heterocycles. The van der Waals surface area contributed by atoms with Crippen molar-refractivity contribution in [2.24, 2.45) is 17.8 Å². The number of rotatable bonds is 6. The minimum absolute atomic E-state index is 0.126. The van der Waals surface area contributed by atoms with Crippen molar-refractivity contribution in [1.29, 1.82) is 0 Å². The van der Waals surface area contributed by atoms with Crippen molar-refractivity contribution in [2.75, 3.05) is 5.32 Å². The largest absolute Gasteiger partial charge is 0.465 e. The molecule has 4 aliphatic rings. The van der Waals surface area contributed by atoms with Crippen LogP contribution in [0.15, 0.2) is 77.0 Å². The van der Waals surface area contributed by atoms with E-state index in [1.165, 1.54) is 50.4 Å². The second-order valence-corrected chi connectivity index (χ2v) is 11.1. The molecule has 5 heteroatoms. The molecule has 0 spiro atoms. The Balaban J connectivity index is 1.19. The van der Waals surface area contributed by atoms with Crippen LogP contribution in [0.25, 0.3) is 6.08 Å². The molecular formula is C31H32N2O3. The molecule has 184 valence electrons. The van der Waals surface area contributed by atoms with Gasteiger partial charge >= 0.3 is 0 Å². The Bertz CT molecular complexity index is 1250. The molecule has 2 N–H and O–H groups in total. The van der Waals surface area contributed by atoms with E-state index in [4.69, 9.17) is 4.42 Å². The van der Waals surface area contributed by atoms with Gasteiger partial charge in [-0.3, -0.25) is 9.59 Å². The fourth-order valence-corrected chi connectivity index (χ4v) is 7.14. The van der Waals surface area contributed by atoms with Crippen molar-refractivity contribution >= 4 is 23.6 Å². The SMILES string of the molecule is Cc1ccc(C(=O)N/C(=C\c2ccco2)C(=O)Nc2ccc(C34CC5CC(CC(C5)C3)C4)cc2)cc1. The Morgan fingerprint density at radius 1 is 0.889 bits per heavy atom. The Hall–Kier alpha value is -3.60. The number of furan rings is 1. The van der Waals surface area contributed by atoms with Crippen LogP contribution in [0.5, 0.6) is 0 Å². The molecule has 2 amide bonds. The molecule has 1 aromatic heterocycles. The molecule has 4 aliphatic carbocycles. The van der Waals surface area contributed by atoms with Crippen molar-refractivity contribution in [3.63, 3.8) is 0 Å². The summed E-state index contributed by atoms with van der Waals surface area (Å²) in [5, 5.41) is 5.72. The van der Waals surface area contributed by atoms with Crippen molar-refractivity contribution in [3.05, 3.63) is 95.1 Å². The molecule has 0 unspecified atom stereocenters. The molecule has 4 fully saturated rings. The zero-order valence-electron chi connectivity index (χ0n) is 20.6. The van der Waals surface area contributed by atoms with Crippen LogP contribution >= 0.6 is 0 Å². The second-order valence-electron chi connectivity index (χ2n) is 11.1. The van der Waals surface area contributed by atoms with E-state index in [0.717, 1.165) is 23.3 Å². The summed E-state index contributed by atoms with van der Waals surface area (Å²) < 4.78 is 5.39. The van der Waals surface area contributed by atoms with Gasteiger partial charge in [-0.05, 0) is 111 Å². The molecule has 3 aromatic rings. The number of nitrogens with one attached hydrogen (secondary N) is 2. The summed E-state index contributed by atoms with van der Waals surface area (Å²) in [6.07, 6.45) is 11.3. The smallest absolute Gasteiger partial charge is 0.272 e. The van der Waals surface area contributed by atoms with Gasteiger partial charge < -0.3 is 15.1 Å². The zero-order chi connectivity index (χ0) is 24.7. The highest BCUT2D eigenvalue weighted by atomic mass is 16.3. The van der Waals surface area contributed by atoms with Crippen molar-refractivity contribution in [3.8, 4) is 0 Å². The fourth-order valence-electron chi connectivity index (χ4n) is 7.14. The molecule has 1 heterocycles. The van der Waals surface area contributed by atoms with Crippen molar-refractivity contribution in [2.45, 2.75) is 50.9 Å². The average Bonchev–Trinajstić information content (AvgIpc) is 3.37. The first-order valence-electron chi connectivity index (χ1n) is 13.0. The lowest BCUT2D eigenvalue weighted by Crippen LogP contribution is -2.48. The van der Waals surface area contributed by atoms with Crippen LogP contribution in [0.1, 0.15) is 65.8 Å². The van der Waals surface area contributed by atoms with E-state index < -0.39 is 5.91 Å². The molecule has 7 rings (SSSR count). The number of amides is 2. The Morgan fingerprint density at radius 3 is 2.11 bits per heavy atom. The van der Waals surface area contributed by atoms with Crippen molar-refractivity contribution in [1.82, 2.24) is 5.32 Å². The molecule has 36 heavy (non-hydrogen) atoms. The van der Waals surface area contributed by atoms with Gasteiger partial charge in [0.2, 0.25) is 0 Å². The lowest BCUT2D eigenvalue weighted by molar-refractivity contribution is -0.113. The molecule has 0 saturated heterocycles. The summed E-state index contributed by atoms with van der Waals surface area (Å²) in [6.45, 7) is 1.96. The molecule has 4 bridgehead atoms. The van der Waals surface area contributed by atoms with Crippen LogP contribution < -0.4 is 10.6 Å². The van der Waals surface area contributed by atoms with Crippen LogP contribution in [-0.4, -0.2) is 11.8 Å². The van der Waals surface area contributed by atoms with Crippen molar-refractivity contribution < 1.29 is 14.0 Å². The molecular weight excluding hydrogens is 448 g/mol. The maximum Gasteiger partial charge on any atom is 0.272 e. The van der Waals surface area contributed by atoms with Gasteiger partial charge in [-0.25, -0.2) is 0 Å². The zero-order valence-corrected chi connectivity index (χ0v) is 20.6. The van der Waals surface area contributed by atoms with E-state index in [9.17, 15) is 9.59 Å². The van der Waals surface area contributed by atoms with Gasteiger partial charge in [0.1, 0.15) is 11.5 Å². The van der Waals surface area contributed by atoms with E-state index in [0.29, 0.717) is 22.4 Å². The first kappa shape index (κ1) is 22.8. The highest BCUT2D eigenvalue weighted by Gasteiger charge is 2.51. The summed E-state index contributed by atoms with van der Waals surface area (Å²) in [5.41, 5.74) is 4.12. The minimum atomic E-state index is -0.394. The molecule has 2 aromatic carbocycles. The van der Waals surface area contributed by atoms with E-state index in [2.05, 4.69) is 22.8 Å². The summed E-state index contributed by atoms with van der Waals surface area (Å²) in [5.74, 6) is 2.42. The van der Waals surface area contributed by atoms with Gasteiger partial charge in [-0.1, -0.05) is 29.8 Å². The third-order valence-electron chi connectivity index (χ3n) is 8.43. The van der Waals surface area contributed by atoms with Gasteiger partial charge in [0.25, 0.3) is 11.8 Å². The maximum atomic E-state index is 13.2. The normalized spacial score (nSPS) is 26.6. The first-order valence-corrected chi connectivity index (χ1v) is 13.0. The number of hydrogen-bond acceptors (Lipinski definition) is 3. The molecule has 5 nitrogen and oxygen atoms in total. The predicted octanol–water partition coefficient (Wildman–Crippen LogP) is 6.47. The summed E-state index contributed by atoms with van der Waals surface area (Å²) in [4.78, 5) is 26.1. The number of carbonyl (C=O) groups is 2. The van der Waals surface area contributed by atoms with Crippen LogP contribution in [0.3, 0.4) is 0 Å². The third-order valence-corrected chi connectivity index (χ3v) is 8.43.